The first-order chi connectivity index (χ1) is 13.3. The molecular weight excluding hydrogens is 503 g/mol. The molecule has 166 valence electrons. The van der Waals surface area contributed by atoms with Crippen LogP contribution in [0.15, 0.2) is 23.2 Å². The monoisotopic (exact) mass is 532 g/mol. The average molecular weight is 532 g/mol. The van der Waals surface area contributed by atoms with Crippen molar-refractivity contribution in [3.05, 3.63) is 35.1 Å². The fourth-order valence-corrected chi connectivity index (χ4v) is 3.02. The number of morpholine rings is 1. The molecule has 0 bridgehead atoms. The second-order valence-electron chi connectivity index (χ2n) is 6.89. The molecule has 2 N–H and O–H groups in total. The molecule has 0 amide bonds. The van der Waals surface area contributed by atoms with E-state index in [-0.39, 0.29) is 36.1 Å². The fraction of sp³-hybridized carbons (Fsp3) is 0.632. The Morgan fingerprint density at radius 3 is 2.55 bits per heavy atom. The van der Waals surface area contributed by atoms with Crippen molar-refractivity contribution in [3.63, 3.8) is 0 Å². The summed E-state index contributed by atoms with van der Waals surface area (Å²) >= 11 is 0. The number of halogens is 5. The molecule has 1 aliphatic heterocycles. The summed E-state index contributed by atoms with van der Waals surface area (Å²) in [7, 11) is 0. The highest BCUT2D eigenvalue weighted by molar-refractivity contribution is 14.0. The number of rotatable bonds is 7. The van der Waals surface area contributed by atoms with Crippen molar-refractivity contribution in [1.29, 1.82) is 0 Å². The Balaban J connectivity index is 0.00000420. The van der Waals surface area contributed by atoms with E-state index in [9.17, 15) is 17.6 Å². The van der Waals surface area contributed by atoms with Crippen LogP contribution in [0.4, 0.5) is 17.6 Å². The molecule has 1 heterocycles. The van der Waals surface area contributed by atoms with Crippen LogP contribution < -0.4 is 10.6 Å². The highest BCUT2D eigenvalue weighted by Gasteiger charge is 2.33. The van der Waals surface area contributed by atoms with Crippen LogP contribution in [0.5, 0.6) is 0 Å². The number of guanidine groups is 1. The van der Waals surface area contributed by atoms with Crippen LogP contribution in [0.25, 0.3) is 0 Å². The molecule has 0 radical (unpaired) electrons. The number of nitrogens with zero attached hydrogens (tertiary/aromatic N) is 2. The Morgan fingerprint density at radius 2 is 1.93 bits per heavy atom. The van der Waals surface area contributed by atoms with Crippen LogP contribution in [-0.4, -0.2) is 56.8 Å². The lowest BCUT2D eigenvalue weighted by Crippen LogP contribution is -2.44. The van der Waals surface area contributed by atoms with E-state index in [1.165, 1.54) is 0 Å². The van der Waals surface area contributed by atoms with Crippen molar-refractivity contribution in [2.24, 2.45) is 10.9 Å². The lowest BCUT2D eigenvalue weighted by molar-refractivity contribution is -0.138. The van der Waals surface area contributed by atoms with E-state index >= 15 is 0 Å². The molecule has 0 aromatic heterocycles. The van der Waals surface area contributed by atoms with Crippen molar-refractivity contribution in [2.45, 2.75) is 26.6 Å². The highest BCUT2D eigenvalue weighted by atomic mass is 127. The number of hydrogen-bond acceptors (Lipinski definition) is 3. The lowest BCUT2D eigenvalue weighted by Gasteiger charge is -2.29. The van der Waals surface area contributed by atoms with Crippen LogP contribution >= 0.6 is 24.0 Å². The molecule has 5 nitrogen and oxygen atoms in total. The van der Waals surface area contributed by atoms with E-state index in [1.54, 1.807) is 0 Å². The minimum absolute atomic E-state index is 0. The minimum atomic E-state index is -4.62. The van der Waals surface area contributed by atoms with E-state index in [2.05, 4.69) is 27.4 Å². The highest BCUT2D eigenvalue weighted by Crippen LogP contribution is 2.32. The Hall–Kier alpha value is -1.14. The van der Waals surface area contributed by atoms with Gasteiger partial charge in [-0.05, 0) is 30.5 Å². The summed E-state index contributed by atoms with van der Waals surface area (Å²) in [6, 6.07) is 2.66. The van der Waals surface area contributed by atoms with Crippen LogP contribution in [0.1, 0.15) is 25.0 Å². The number of alkyl halides is 3. The minimum Gasteiger partial charge on any atom is -0.379 e. The maximum Gasteiger partial charge on any atom is 0.416 e. The van der Waals surface area contributed by atoms with Gasteiger partial charge in [0.05, 0.1) is 25.3 Å². The van der Waals surface area contributed by atoms with Gasteiger partial charge in [0.25, 0.3) is 0 Å². The first-order valence-electron chi connectivity index (χ1n) is 9.47. The summed E-state index contributed by atoms with van der Waals surface area (Å²) in [6.45, 7) is 9.22. The number of aliphatic imine (C=N–C) groups is 1. The zero-order valence-corrected chi connectivity index (χ0v) is 19.0. The Morgan fingerprint density at radius 1 is 1.24 bits per heavy atom. The maximum absolute atomic E-state index is 13.2. The number of benzene rings is 1. The zero-order chi connectivity index (χ0) is 20.6. The lowest BCUT2D eigenvalue weighted by atomic mass is 10.1. The van der Waals surface area contributed by atoms with Gasteiger partial charge >= 0.3 is 6.18 Å². The van der Waals surface area contributed by atoms with Crippen LogP contribution in [0, 0.1) is 11.7 Å². The van der Waals surface area contributed by atoms with E-state index in [0.717, 1.165) is 45.0 Å². The number of ether oxygens (including phenoxy) is 1. The summed E-state index contributed by atoms with van der Waals surface area (Å²) in [4.78, 5) is 6.57. The van der Waals surface area contributed by atoms with Crippen LogP contribution in [0.3, 0.4) is 0 Å². The van der Waals surface area contributed by atoms with E-state index in [0.29, 0.717) is 31.0 Å². The Labute approximate surface area is 186 Å². The molecule has 10 heteroatoms. The van der Waals surface area contributed by atoms with Crippen molar-refractivity contribution < 1.29 is 22.3 Å². The van der Waals surface area contributed by atoms with Gasteiger partial charge < -0.3 is 15.4 Å². The summed E-state index contributed by atoms with van der Waals surface area (Å²) in [5.41, 5.74) is -1.06. The first-order valence-corrected chi connectivity index (χ1v) is 9.47. The van der Waals surface area contributed by atoms with Gasteiger partial charge in [-0.25, -0.2) is 9.38 Å². The number of nitrogens with one attached hydrogen (secondary N) is 2. The standard InChI is InChI=1S/C19H28F4N4O.HI/c1-3-24-18(25-11-14(2)13-27-6-8-28-9-7-27)26-12-15-4-5-16(20)10-17(15)19(21,22)23;/h4-5,10,14H,3,6-9,11-13H2,1-2H3,(H2,24,25,26);1H. The third kappa shape index (κ3) is 9.04. The maximum atomic E-state index is 13.2. The van der Waals surface area contributed by atoms with Gasteiger partial charge in [-0.3, -0.25) is 4.90 Å². The fourth-order valence-electron chi connectivity index (χ4n) is 3.02. The van der Waals surface area contributed by atoms with Gasteiger partial charge in [0.15, 0.2) is 5.96 Å². The van der Waals surface area contributed by atoms with E-state index in [4.69, 9.17) is 4.74 Å². The van der Waals surface area contributed by atoms with Crippen molar-refractivity contribution >= 4 is 29.9 Å². The third-order valence-electron chi connectivity index (χ3n) is 4.42. The zero-order valence-electron chi connectivity index (χ0n) is 16.7. The molecular formula is C19H29F4IN4O. The molecule has 1 aliphatic rings. The summed E-state index contributed by atoms with van der Waals surface area (Å²) in [6.07, 6.45) is -4.62. The average Bonchev–Trinajstić information content (AvgIpc) is 2.65. The summed E-state index contributed by atoms with van der Waals surface area (Å²) in [5, 5.41) is 6.21. The third-order valence-corrected chi connectivity index (χ3v) is 4.42. The molecule has 29 heavy (non-hydrogen) atoms. The van der Waals surface area contributed by atoms with Gasteiger partial charge in [0.2, 0.25) is 0 Å². The van der Waals surface area contributed by atoms with E-state index < -0.39 is 17.6 Å². The predicted octanol–water partition coefficient (Wildman–Crippen LogP) is 3.49. The molecule has 1 atom stereocenters. The van der Waals surface area contributed by atoms with Gasteiger partial charge in [0.1, 0.15) is 5.82 Å². The van der Waals surface area contributed by atoms with Gasteiger partial charge in [-0.2, -0.15) is 13.2 Å². The van der Waals surface area contributed by atoms with Gasteiger partial charge in [0, 0.05) is 32.7 Å². The normalized spacial score (nSPS) is 16.8. The molecule has 2 rings (SSSR count). The smallest absolute Gasteiger partial charge is 0.379 e. The van der Waals surface area contributed by atoms with Crippen molar-refractivity contribution in [2.75, 3.05) is 45.9 Å². The van der Waals surface area contributed by atoms with Gasteiger partial charge in [-0.1, -0.05) is 13.0 Å². The largest absolute Gasteiger partial charge is 0.416 e. The Kier molecular flexibility index (Phi) is 11.2. The molecule has 1 aromatic rings. The summed E-state index contributed by atoms with van der Waals surface area (Å²) < 4.78 is 57.9. The molecule has 0 aliphatic carbocycles. The molecule has 1 unspecified atom stereocenters. The number of hydrogen-bond donors (Lipinski definition) is 2. The topological polar surface area (TPSA) is 48.9 Å². The first kappa shape index (κ1) is 25.9. The second kappa shape index (κ2) is 12.5. The van der Waals surface area contributed by atoms with Crippen LogP contribution in [0.2, 0.25) is 0 Å². The molecule has 0 saturated carbocycles. The molecule has 0 spiro atoms. The molecule has 1 fully saturated rings. The summed E-state index contributed by atoms with van der Waals surface area (Å²) in [5.74, 6) is -0.144. The van der Waals surface area contributed by atoms with Gasteiger partial charge in [-0.15, -0.1) is 24.0 Å². The Bertz CT molecular complexity index is 652. The SMILES string of the molecule is CCNC(=NCc1ccc(F)cc1C(F)(F)F)NCC(C)CN1CCOCC1.I. The second-order valence-corrected chi connectivity index (χ2v) is 6.89. The van der Waals surface area contributed by atoms with Crippen LogP contribution in [-0.2, 0) is 17.5 Å². The van der Waals surface area contributed by atoms with Crippen molar-refractivity contribution in [3.8, 4) is 0 Å². The van der Waals surface area contributed by atoms with E-state index in [1.807, 2.05) is 6.92 Å². The molecule has 1 aromatic carbocycles. The van der Waals surface area contributed by atoms with Crippen molar-refractivity contribution in [1.82, 2.24) is 15.5 Å². The quantitative estimate of drug-likeness (QED) is 0.245. The predicted molar refractivity (Wildman–Crippen MR) is 116 cm³/mol. The molecule has 1 saturated heterocycles.